The molecule has 1 amide bonds. The Labute approximate surface area is 104 Å². The van der Waals surface area contributed by atoms with Crippen molar-refractivity contribution < 1.29 is 4.79 Å². The van der Waals surface area contributed by atoms with Crippen molar-refractivity contribution in [1.29, 1.82) is 0 Å². The van der Waals surface area contributed by atoms with E-state index in [9.17, 15) is 4.79 Å². The summed E-state index contributed by atoms with van der Waals surface area (Å²) < 4.78 is 0. The van der Waals surface area contributed by atoms with Crippen LogP contribution in [0.5, 0.6) is 0 Å². The zero-order valence-electron chi connectivity index (χ0n) is 9.60. The third-order valence-corrected chi connectivity index (χ3v) is 3.32. The van der Waals surface area contributed by atoms with Gasteiger partial charge < -0.3 is 4.90 Å². The Hall–Kier alpha value is -2.33. The summed E-state index contributed by atoms with van der Waals surface area (Å²) in [5, 5.41) is 3.69. The van der Waals surface area contributed by atoms with E-state index in [4.69, 9.17) is 5.53 Å². The summed E-state index contributed by atoms with van der Waals surface area (Å²) in [5.74, 6) is -0.0382. The van der Waals surface area contributed by atoms with Crippen LogP contribution in [0.3, 0.4) is 0 Å². The topological polar surface area (TPSA) is 81.4 Å². The van der Waals surface area contributed by atoms with Crippen LogP contribution >= 0.6 is 0 Å². The van der Waals surface area contributed by atoms with E-state index in [1.807, 2.05) is 18.2 Å². The predicted molar refractivity (Wildman–Crippen MR) is 67.0 cm³/mol. The van der Waals surface area contributed by atoms with Crippen LogP contribution in [-0.4, -0.2) is 35.7 Å². The highest BCUT2D eigenvalue weighted by Gasteiger charge is 2.36. The van der Waals surface area contributed by atoms with Crippen molar-refractivity contribution in [1.82, 2.24) is 4.90 Å². The fourth-order valence-electron chi connectivity index (χ4n) is 2.46. The largest absolute Gasteiger partial charge is 0.330 e. The van der Waals surface area contributed by atoms with Crippen LogP contribution < -0.4 is 0 Å². The van der Waals surface area contributed by atoms with Gasteiger partial charge in [0.1, 0.15) is 0 Å². The Morgan fingerprint density at radius 3 is 3.11 bits per heavy atom. The number of carbonyl (C=O) groups is 1. The lowest BCUT2D eigenvalue weighted by atomic mass is 10.1. The molecular formula is C12H11N5O. The molecule has 0 aromatic heterocycles. The van der Waals surface area contributed by atoms with Gasteiger partial charge in [-0.1, -0.05) is 17.2 Å². The zero-order chi connectivity index (χ0) is 12.5. The van der Waals surface area contributed by atoms with Crippen molar-refractivity contribution in [2.45, 2.75) is 18.5 Å². The number of carbonyl (C=O) groups excluding carboxylic acids is 1. The van der Waals surface area contributed by atoms with Crippen molar-refractivity contribution in [2.75, 3.05) is 6.54 Å². The van der Waals surface area contributed by atoms with E-state index in [0.717, 1.165) is 0 Å². The number of hydrogen-bond acceptors (Lipinski definition) is 3. The third-order valence-electron chi connectivity index (χ3n) is 3.32. The number of hydrogen-bond donors (Lipinski definition) is 0. The first kappa shape index (κ1) is 10.8. The van der Waals surface area contributed by atoms with Crippen LogP contribution in [0.4, 0.5) is 5.69 Å². The van der Waals surface area contributed by atoms with Crippen LogP contribution in [0, 0.1) is 0 Å². The van der Waals surface area contributed by atoms with Gasteiger partial charge in [-0.3, -0.25) is 9.79 Å². The van der Waals surface area contributed by atoms with Gasteiger partial charge >= 0.3 is 0 Å². The molecule has 1 fully saturated rings. The van der Waals surface area contributed by atoms with Crippen LogP contribution in [0.15, 0.2) is 34.4 Å². The second kappa shape index (κ2) is 4.16. The molecule has 0 aliphatic carbocycles. The summed E-state index contributed by atoms with van der Waals surface area (Å²) in [4.78, 5) is 21.3. The number of fused-ring (bicyclic) bond motifs is 2. The highest BCUT2D eigenvalue weighted by Crippen LogP contribution is 2.29. The van der Waals surface area contributed by atoms with Crippen LogP contribution in [-0.2, 0) is 0 Å². The minimum Gasteiger partial charge on any atom is -0.330 e. The standard InChI is InChI=1S/C12H11N5O/c13-16-15-8-5-9-6-14-11-4-2-1-3-10(11)12(18)17(9)7-8/h1-4,6,8-9H,5,7H2/t8-,9-/m0/s1. The molecule has 2 aliphatic heterocycles. The van der Waals surface area contributed by atoms with Gasteiger partial charge in [0, 0.05) is 17.7 Å². The second-order valence-electron chi connectivity index (χ2n) is 4.41. The number of amides is 1. The molecule has 1 aromatic rings. The molecule has 1 aromatic carbocycles. The number of nitrogens with zero attached hydrogens (tertiary/aromatic N) is 5. The molecule has 2 aliphatic rings. The van der Waals surface area contributed by atoms with Crippen LogP contribution in [0.2, 0.25) is 0 Å². The van der Waals surface area contributed by atoms with E-state index in [-0.39, 0.29) is 18.0 Å². The molecule has 6 heteroatoms. The molecule has 6 nitrogen and oxygen atoms in total. The Morgan fingerprint density at radius 1 is 1.44 bits per heavy atom. The van der Waals surface area contributed by atoms with E-state index < -0.39 is 0 Å². The van der Waals surface area contributed by atoms with Crippen molar-refractivity contribution in [3.05, 3.63) is 40.3 Å². The van der Waals surface area contributed by atoms with Gasteiger partial charge in [-0.25, -0.2) is 0 Å². The van der Waals surface area contributed by atoms with Gasteiger partial charge in [-0.2, -0.15) is 0 Å². The molecule has 0 radical (unpaired) electrons. The minimum absolute atomic E-state index is 0.0382. The molecule has 0 bridgehead atoms. The highest BCUT2D eigenvalue weighted by atomic mass is 16.2. The lowest BCUT2D eigenvalue weighted by Gasteiger charge is -2.19. The zero-order valence-corrected chi connectivity index (χ0v) is 9.60. The van der Waals surface area contributed by atoms with Gasteiger partial charge in [0.2, 0.25) is 0 Å². The molecule has 18 heavy (non-hydrogen) atoms. The quantitative estimate of drug-likeness (QED) is 0.422. The maximum atomic E-state index is 12.4. The van der Waals surface area contributed by atoms with E-state index in [0.29, 0.717) is 24.2 Å². The van der Waals surface area contributed by atoms with E-state index >= 15 is 0 Å². The van der Waals surface area contributed by atoms with Crippen LogP contribution in [0.25, 0.3) is 10.4 Å². The van der Waals surface area contributed by atoms with Gasteiger partial charge in [-0.05, 0) is 24.1 Å². The van der Waals surface area contributed by atoms with E-state index in [1.54, 1.807) is 17.2 Å². The fourth-order valence-corrected chi connectivity index (χ4v) is 2.46. The summed E-state index contributed by atoms with van der Waals surface area (Å²) in [5.41, 5.74) is 9.78. The maximum absolute atomic E-state index is 12.4. The number of benzene rings is 1. The lowest BCUT2D eigenvalue weighted by Crippen LogP contribution is -2.35. The average Bonchev–Trinajstić information content (AvgIpc) is 2.74. The smallest absolute Gasteiger partial charge is 0.256 e. The number of rotatable bonds is 1. The summed E-state index contributed by atoms with van der Waals surface area (Å²) >= 11 is 0. The number of aliphatic imine (C=N–C) groups is 1. The Morgan fingerprint density at radius 2 is 2.28 bits per heavy atom. The summed E-state index contributed by atoms with van der Waals surface area (Å²) in [6.45, 7) is 0.466. The molecule has 0 saturated carbocycles. The molecule has 2 atom stereocenters. The highest BCUT2D eigenvalue weighted by molar-refractivity contribution is 6.02. The molecule has 0 spiro atoms. The molecule has 3 rings (SSSR count). The first-order valence-corrected chi connectivity index (χ1v) is 5.78. The molecule has 1 saturated heterocycles. The molecular weight excluding hydrogens is 230 g/mol. The van der Waals surface area contributed by atoms with Crippen LogP contribution in [0.1, 0.15) is 16.8 Å². The molecule has 90 valence electrons. The van der Waals surface area contributed by atoms with Gasteiger partial charge in [-0.15, -0.1) is 0 Å². The summed E-state index contributed by atoms with van der Waals surface area (Å²) in [6, 6.07) is 7.08. The van der Waals surface area contributed by atoms with Crippen molar-refractivity contribution in [3.63, 3.8) is 0 Å². The van der Waals surface area contributed by atoms with Crippen molar-refractivity contribution in [2.24, 2.45) is 10.1 Å². The van der Waals surface area contributed by atoms with Gasteiger partial charge in [0.25, 0.3) is 5.91 Å². The lowest BCUT2D eigenvalue weighted by molar-refractivity contribution is 0.0773. The average molecular weight is 241 g/mol. The SMILES string of the molecule is [N-]=[N+]=N[C@H]1C[C@H]2C=Nc3ccccc3C(=O)N2C1. The molecule has 2 heterocycles. The predicted octanol–water partition coefficient (Wildman–Crippen LogP) is 2.30. The van der Waals surface area contributed by atoms with Gasteiger partial charge in [0.15, 0.2) is 0 Å². The van der Waals surface area contributed by atoms with E-state index in [1.165, 1.54) is 0 Å². The second-order valence-corrected chi connectivity index (χ2v) is 4.41. The maximum Gasteiger partial charge on any atom is 0.256 e. The summed E-state index contributed by atoms with van der Waals surface area (Å²) in [6.07, 6.45) is 2.42. The first-order chi connectivity index (χ1) is 8.79. The van der Waals surface area contributed by atoms with Crippen molar-refractivity contribution in [3.8, 4) is 0 Å². The Balaban J connectivity index is 1.98. The normalized spacial score (nSPS) is 25.1. The number of azide groups is 1. The monoisotopic (exact) mass is 241 g/mol. The van der Waals surface area contributed by atoms with Gasteiger partial charge in [0.05, 0.1) is 23.3 Å². The van der Waals surface area contributed by atoms with E-state index in [2.05, 4.69) is 15.0 Å². The fraction of sp³-hybridized carbons (Fsp3) is 0.333. The Bertz CT molecular complexity index is 576. The molecule has 0 unspecified atom stereocenters. The third kappa shape index (κ3) is 1.63. The summed E-state index contributed by atoms with van der Waals surface area (Å²) in [7, 11) is 0. The minimum atomic E-state index is -0.152. The Kier molecular flexibility index (Phi) is 2.50. The molecule has 0 N–H and O–H groups in total. The first-order valence-electron chi connectivity index (χ1n) is 5.78. The number of para-hydroxylation sites is 1. The van der Waals surface area contributed by atoms with Crippen molar-refractivity contribution >= 4 is 17.8 Å².